The summed E-state index contributed by atoms with van der Waals surface area (Å²) in [5, 5.41) is 7.79. The molecule has 0 radical (unpaired) electrons. The van der Waals surface area contributed by atoms with Gasteiger partial charge in [-0.25, -0.2) is 4.98 Å². The van der Waals surface area contributed by atoms with Crippen LogP contribution in [0.2, 0.25) is 0 Å². The minimum atomic E-state index is -0.313. The highest BCUT2D eigenvalue weighted by Gasteiger charge is 2.12. The van der Waals surface area contributed by atoms with Gasteiger partial charge < -0.3 is 14.8 Å². The van der Waals surface area contributed by atoms with Gasteiger partial charge in [0.2, 0.25) is 0 Å². The largest absolute Gasteiger partial charge is 0.497 e. The van der Waals surface area contributed by atoms with Crippen molar-refractivity contribution in [3.8, 4) is 11.5 Å². The van der Waals surface area contributed by atoms with Gasteiger partial charge in [0.05, 0.1) is 14.2 Å². The number of amides is 2. The van der Waals surface area contributed by atoms with Crippen LogP contribution < -0.4 is 20.1 Å². The van der Waals surface area contributed by atoms with Crippen LogP contribution in [0.15, 0.2) is 54.0 Å². The summed E-state index contributed by atoms with van der Waals surface area (Å²) in [6.45, 7) is 0. The third kappa shape index (κ3) is 4.62. The lowest BCUT2D eigenvalue weighted by Gasteiger charge is -2.10. The predicted molar refractivity (Wildman–Crippen MR) is 104 cm³/mol. The van der Waals surface area contributed by atoms with Crippen molar-refractivity contribution >= 4 is 34.0 Å². The molecule has 0 spiro atoms. The summed E-state index contributed by atoms with van der Waals surface area (Å²) in [4.78, 5) is 28.6. The number of nitrogens with one attached hydrogen (secondary N) is 2. The van der Waals surface area contributed by atoms with Crippen molar-refractivity contribution in [1.82, 2.24) is 4.98 Å². The van der Waals surface area contributed by atoms with Crippen molar-refractivity contribution in [3.63, 3.8) is 0 Å². The number of aromatic nitrogens is 1. The van der Waals surface area contributed by atoms with E-state index in [1.807, 2.05) is 0 Å². The molecule has 2 amide bonds. The molecule has 1 heterocycles. The number of ether oxygens (including phenoxy) is 2. The van der Waals surface area contributed by atoms with E-state index in [0.29, 0.717) is 33.4 Å². The Labute approximate surface area is 160 Å². The molecule has 0 aliphatic carbocycles. The lowest BCUT2D eigenvalue weighted by molar-refractivity contribution is 0.101. The molecule has 0 saturated heterocycles. The average Bonchev–Trinajstić information content (AvgIpc) is 3.21. The molecule has 0 atom stereocenters. The molecule has 0 fully saturated rings. The van der Waals surface area contributed by atoms with E-state index < -0.39 is 0 Å². The van der Waals surface area contributed by atoms with Gasteiger partial charge in [-0.15, -0.1) is 11.3 Å². The van der Waals surface area contributed by atoms with E-state index in [4.69, 9.17) is 9.47 Å². The lowest BCUT2D eigenvalue weighted by Crippen LogP contribution is -2.14. The summed E-state index contributed by atoms with van der Waals surface area (Å²) >= 11 is 1.34. The highest BCUT2D eigenvalue weighted by Crippen LogP contribution is 2.23. The number of nitrogens with zero attached hydrogens (tertiary/aromatic N) is 1. The van der Waals surface area contributed by atoms with E-state index >= 15 is 0 Å². The van der Waals surface area contributed by atoms with Crippen LogP contribution in [0.5, 0.6) is 11.5 Å². The number of carbonyl (C=O) groups is 2. The number of hydrogen-bond acceptors (Lipinski definition) is 6. The van der Waals surface area contributed by atoms with Crippen LogP contribution in [-0.2, 0) is 0 Å². The molecule has 2 N–H and O–H groups in total. The van der Waals surface area contributed by atoms with Gasteiger partial charge in [-0.2, -0.15) is 0 Å². The van der Waals surface area contributed by atoms with Crippen molar-refractivity contribution in [1.29, 1.82) is 0 Å². The van der Waals surface area contributed by atoms with Crippen LogP contribution in [0.3, 0.4) is 0 Å². The maximum Gasteiger partial charge on any atom is 0.257 e. The van der Waals surface area contributed by atoms with Gasteiger partial charge in [0, 0.05) is 34.5 Å². The molecule has 0 aliphatic rings. The molecule has 2 aromatic carbocycles. The van der Waals surface area contributed by atoms with E-state index in [-0.39, 0.29) is 11.8 Å². The minimum absolute atomic E-state index is 0.264. The number of thiazole rings is 1. The molecule has 27 heavy (non-hydrogen) atoms. The van der Waals surface area contributed by atoms with E-state index in [0.717, 1.165) is 0 Å². The van der Waals surface area contributed by atoms with E-state index in [9.17, 15) is 9.59 Å². The van der Waals surface area contributed by atoms with E-state index in [2.05, 4.69) is 15.6 Å². The molecule has 3 rings (SSSR count). The first-order valence-electron chi connectivity index (χ1n) is 7.94. The fourth-order valence-electron chi connectivity index (χ4n) is 2.30. The molecular weight excluding hydrogens is 366 g/mol. The topological polar surface area (TPSA) is 89.5 Å². The highest BCUT2D eigenvalue weighted by molar-refractivity contribution is 7.13. The quantitative estimate of drug-likeness (QED) is 0.678. The Morgan fingerprint density at radius 1 is 0.889 bits per heavy atom. The zero-order valence-corrected chi connectivity index (χ0v) is 15.5. The van der Waals surface area contributed by atoms with Crippen molar-refractivity contribution in [3.05, 3.63) is 65.2 Å². The summed E-state index contributed by atoms with van der Waals surface area (Å²) in [6.07, 6.45) is 1.62. The Morgan fingerprint density at radius 3 is 2.07 bits per heavy atom. The predicted octanol–water partition coefficient (Wildman–Crippen LogP) is 3.66. The molecule has 7 nitrogen and oxygen atoms in total. The number of methoxy groups -OCH3 is 2. The monoisotopic (exact) mass is 383 g/mol. The Hall–Kier alpha value is -3.39. The first kappa shape index (κ1) is 18.4. The number of anilines is 2. The smallest absolute Gasteiger partial charge is 0.257 e. The SMILES string of the molecule is COc1cc(OC)cc(C(=O)Nc2ccc(C(=O)Nc3nccs3)cc2)c1. The molecule has 1 aromatic heterocycles. The van der Waals surface area contributed by atoms with Gasteiger partial charge in [-0.3, -0.25) is 14.9 Å². The zero-order valence-electron chi connectivity index (χ0n) is 14.7. The normalized spacial score (nSPS) is 10.1. The van der Waals surface area contributed by atoms with Crippen LogP contribution in [0, 0.1) is 0 Å². The van der Waals surface area contributed by atoms with Crippen molar-refractivity contribution in [2.24, 2.45) is 0 Å². The Kier molecular flexibility index (Phi) is 5.68. The second-order valence-electron chi connectivity index (χ2n) is 5.42. The standard InChI is InChI=1S/C19H17N3O4S/c1-25-15-9-13(10-16(11-15)26-2)18(24)21-14-5-3-12(4-6-14)17(23)22-19-20-7-8-27-19/h3-11H,1-2H3,(H,21,24)(H,20,22,23). The highest BCUT2D eigenvalue weighted by atomic mass is 32.1. The molecule has 138 valence electrons. The summed E-state index contributed by atoms with van der Waals surface area (Å²) in [7, 11) is 3.04. The molecular formula is C19H17N3O4S. The number of carbonyl (C=O) groups excluding carboxylic acids is 2. The Morgan fingerprint density at radius 2 is 1.52 bits per heavy atom. The van der Waals surface area contributed by atoms with Gasteiger partial charge in [0.1, 0.15) is 11.5 Å². The second-order valence-corrected chi connectivity index (χ2v) is 6.32. The fraction of sp³-hybridized carbons (Fsp3) is 0.105. The van der Waals surface area contributed by atoms with Crippen LogP contribution in [-0.4, -0.2) is 31.0 Å². The molecule has 0 unspecified atom stereocenters. The zero-order chi connectivity index (χ0) is 19.2. The summed E-state index contributed by atoms with van der Waals surface area (Å²) in [5.74, 6) is 0.468. The van der Waals surface area contributed by atoms with Gasteiger partial charge >= 0.3 is 0 Å². The third-order valence-electron chi connectivity index (χ3n) is 3.67. The number of rotatable bonds is 6. The lowest BCUT2D eigenvalue weighted by atomic mass is 10.1. The van der Waals surface area contributed by atoms with Crippen molar-refractivity contribution in [2.75, 3.05) is 24.9 Å². The van der Waals surface area contributed by atoms with E-state index in [1.54, 1.807) is 54.0 Å². The molecule has 0 saturated carbocycles. The maximum atomic E-state index is 12.5. The number of benzene rings is 2. The first-order chi connectivity index (χ1) is 13.1. The molecule has 3 aromatic rings. The van der Waals surface area contributed by atoms with Gasteiger partial charge in [0.15, 0.2) is 5.13 Å². The van der Waals surface area contributed by atoms with Crippen molar-refractivity contribution < 1.29 is 19.1 Å². The average molecular weight is 383 g/mol. The van der Waals surface area contributed by atoms with Crippen molar-refractivity contribution in [2.45, 2.75) is 0 Å². The van der Waals surface area contributed by atoms with E-state index in [1.165, 1.54) is 25.6 Å². The van der Waals surface area contributed by atoms with Crippen LogP contribution >= 0.6 is 11.3 Å². The van der Waals surface area contributed by atoms with Crippen LogP contribution in [0.25, 0.3) is 0 Å². The second kappa shape index (κ2) is 8.33. The Bertz CT molecular complexity index is 918. The van der Waals surface area contributed by atoms with Crippen LogP contribution in [0.1, 0.15) is 20.7 Å². The summed E-state index contributed by atoms with van der Waals surface area (Å²) in [6, 6.07) is 11.5. The summed E-state index contributed by atoms with van der Waals surface area (Å²) in [5.41, 5.74) is 1.43. The van der Waals surface area contributed by atoms with Gasteiger partial charge in [-0.1, -0.05) is 0 Å². The first-order valence-corrected chi connectivity index (χ1v) is 8.82. The minimum Gasteiger partial charge on any atom is -0.497 e. The van der Waals surface area contributed by atoms with Gasteiger partial charge in [-0.05, 0) is 36.4 Å². The van der Waals surface area contributed by atoms with Gasteiger partial charge in [0.25, 0.3) is 11.8 Å². The maximum absolute atomic E-state index is 12.5. The fourth-order valence-corrected chi connectivity index (χ4v) is 2.83. The van der Waals surface area contributed by atoms with Crippen LogP contribution in [0.4, 0.5) is 10.8 Å². The molecule has 0 bridgehead atoms. The molecule has 8 heteroatoms. The molecule has 0 aliphatic heterocycles. The third-order valence-corrected chi connectivity index (χ3v) is 4.36. The Balaban J connectivity index is 1.69. The summed E-state index contributed by atoms with van der Waals surface area (Å²) < 4.78 is 10.3. The number of hydrogen-bond donors (Lipinski definition) is 2.